The molecule has 9 heteroatoms. The van der Waals surface area contributed by atoms with Crippen LogP contribution in [0.3, 0.4) is 0 Å². The summed E-state index contributed by atoms with van der Waals surface area (Å²) in [6, 6.07) is 15.8. The Labute approximate surface area is 252 Å². The van der Waals surface area contributed by atoms with Gasteiger partial charge in [0, 0.05) is 29.5 Å². The molecule has 5 rings (SSSR count). The summed E-state index contributed by atoms with van der Waals surface area (Å²) in [7, 11) is 1.61. The van der Waals surface area contributed by atoms with Crippen LogP contribution in [0.4, 0.5) is 4.79 Å². The van der Waals surface area contributed by atoms with Gasteiger partial charge in [-0.05, 0) is 50.2 Å². The van der Waals surface area contributed by atoms with Crippen LogP contribution in [0.1, 0.15) is 59.8 Å². The van der Waals surface area contributed by atoms with E-state index in [9.17, 15) is 14.4 Å². The van der Waals surface area contributed by atoms with Gasteiger partial charge in [0.2, 0.25) is 5.91 Å². The van der Waals surface area contributed by atoms with Crippen LogP contribution in [-0.4, -0.2) is 65.6 Å². The summed E-state index contributed by atoms with van der Waals surface area (Å²) in [5, 5.41) is 3.62. The Morgan fingerprint density at radius 3 is 2.37 bits per heavy atom. The van der Waals surface area contributed by atoms with Crippen LogP contribution in [0.15, 0.2) is 54.6 Å². The number of carbonyl (C=O) groups excluding carboxylic acids is 3. The number of aromatic nitrogens is 1. The smallest absolute Gasteiger partial charge is 0.408 e. The molecule has 43 heavy (non-hydrogen) atoms. The van der Waals surface area contributed by atoms with Gasteiger partial charge in [-0.25, -0.2) is 9.78 Å². The fourth-order valence-electron chi connectivity index (χ4n) is 5.97. The summed E-state index contributed by atoms with van der Waals surface area (Å²) >= 11 is 0. The number of ether oxygens (including phenoxy) is 3. The van der Waals surface area contributed by atoms with E-state index in [1.165, 1.54) is 6.92 Å². The average Bonchev–Trinajstić information content (AvgIpc) is 3.65. The molecule has 1 aliphatic heterocycles. The summed E-state index contributed by atoms with van der Waals surface area (Å²) in [5.41, 5.74) is 1.77. The van der Waals surface area contributed by atoms with Gasteiger partial charge >= 0.3 is 6.09 Å². The number of hydrogen-bond acceptors (Lipinski definition) is 7. The highest BCUT2D eigenvalue weighted by atomic mass is 16.6. The van der Waals surface area contributed by atoms with Gasteiger partial charge in [-0.2, -0.15) is 0 Å². The van der Waals surface area contributed by atoms with Crippen LogP contribution < -0.4 is 14.8 Å². The van der Waals surface area contributed by atoms with Gasteiger partial charge in [0.05, 0.1) is 30.9 Å². The molecule has 1 saturated carbocycles. The number of rotatable bonds is 8. The first-order valence-corrected chi connectivity index (χ1v) is 15.0. The monoisotopic (exact) mass is 587 g/mol. The Morgan fingerprint density at radius 1 is 1.00 bits per heavy atom. The van der Waals surface area contributed by atoms with Gasteiger partial charge in [0.15, 0.2) is 5.78 Å². The third-order valence-electron chi connectivity index (χ3n) is 8.31. The predicted molar refractivity (Wildman–Crippen MR) is 164 cm³/mol. The number of carbonyl (C=O) groups is 3. The summed E-state index contributed by atoms with van der Waals surface area (Å²) in [6.45, 7) is 7.36. The van der Waals surface area contributed by atoms with Crippen LogP contribution in [0.5, 0.6) is 11.5 Å². The largest absolute Gasteiger partial charge is 0.497 e. The molecule has 1 N–H and O–H groups in total. The molecule has 0 radical (unpaired) electrons. The molecule has 0 bridgehead atoms. The fourth-order valence-corrected chi connectivity index (χ4v) is 5.97. The van der Waals surface area contributed by atoms with Crippen molar-refractivity contribution in [3.8, 4) is 22.8 Å². The zero-order chi connectivity index (χ0) is 30.7. The molecule has 1 saturated heterocycles. The minimum absolute atomic E-state index is 0.124. The highest BCUT2D eigenvalue weighted by Crippen LogP contribution is 2.35. The molecule has 9 nitrogen and oxygen atoms in total. The van der Waals surface area contributed by atoms with E-state index in [1.54, 1.807) is 12.0 Å². The maximum Gasteiger partial charge on any atom is 0.408 e. The summed E-state index contributed by atoms with van der Waals surface area (Å²) in [6.07, 6.45) is 2.90. The summed E-state index contributed by atoms with van der Waals surface area (Å²) in [4.78, 5) is 46.1. The molecule has 2 heterocycles. The molecule has 0 spiro atoms. The molecule has 2 aromatic carbocycles. The van der Waals surface area contributed by atoms with E-state index in [2.05, 4.69) is 5.32 Å². The quantitative estimate of drug-likeness (QED) is 0.348. The van der Waals surface area contributed by atoms with E-state index >= 15 is 0 Å². The van der Waals surface area contributed by atoms with Crippen molar-refractivity contribution < 1.29 is 28.6 Å². The van der Waals surface area contributed by atoms with E-state index in [4.69, 9.17) is 19.2 Å². The number of fused-ring (bicyclic) bond motifs is 1. The molecule has 3 aromatic rings. The van der Waals surface area contributed by atoms with Crippen molar-refractivity contribution in [2.24, 2.45) is 5.41 Å². The first kappa shape index (κ1) is 30.3. The van der Waals surface area contributed by atoms with Crippen molar-refractivity contribution in [3.05, 3.63) is 54.6 Å². The molecule has 1 aliphatic carbocycles. The van der Waals surface area contributed by atoms with Gasteiger partial charge in [-0.3, -0.25) is 9.59 Å². The molecular formula is C34H41N3O6. The van der Waals surface area contributed by atoms with Crippen molar-refractivity contribution in [2.75, 3.05) is 13.7 Å². The molecule has 2 aliphatic rings. The molecule has 1 unspecified atom stereocenters. The van der Waals surface area contributed by atoms with E-state index < -0.39 is 29.7 Å². The van der Waals surface area contributed by atoms with Gasteiger partial charge in [-0.15, -0.1) is 0 Å². The van der Waals surface area contributed by atoms with Gasteiger partial charge < -0.3 is 24.4 Å². The van der Waals surface area contributed by atoms with Crippen LogP contribution in [-0.2, 0) is 14.3 Å². The second-order valence-electron chi connectivity index (χ2n) is 12.6. The normalized spacial score (nSPS) is 19.7. The number of Topliss-reactive ketones (excluding diaryl/α,β-unsaturated/α-hetero) is 1. The number of benzene rings is 2. The summed E-state index contributed by atoms with van der Waals surface area (Å²) in [5.74, 6) is 0.836. The highest BCUT2D eigenvalue weighted by molar-refractivity contribution is 5.93. The van der Waals surface area contributed by atoms with E-state index in [1.807, 2.05) is 75.4 Å². The van der Waals surface area contributed by atoms with Gasteiger partial charge in [-0.1, -0.05) is 51.1 Å². The average molecular weight is 588 g/mol. The van der Waals surface area contributed by atoms with E-state index in [-0.39, 0.29) is 24.3 Å². The van der Waals surface area contributed by atoms with Crippen LogP contribution in [0.2, 0.25) is 0 Å². The zero-order valence-corrected chi connectivity index (χ0v) is 25.6. The first-order valence-electron chi connectivity index (χ1n) is 15.0. The Hall–Kier alpha value is -4.14. The number of methoxy groups -OCH3 is 1. The predicted octanol–water partition coefficient (Wildman–Crippen LogP) is 5.93. The second kappa shape index (κ2) is 12.6. The second-order valence-corrected chi connectivity index (χ2v) is 12.6. The zero-order valence-electron chi connectivity index (χ0n) is 25.6. The number of amides is 2. The molecule has 2 fully saturated rings. The van der Waals surface area contributed by atoms with Crippen molar-refractivity contribution in [1.29, 1.82) is 0 Å². The lowest BCUT2D eigenvalue weighted by molar-refractivity contribution is -0.140. The number of nitrogens with zero attached hydrogens (tertiary/aromatic N) is 2. The first-order chi connectivity index (χ1) is 20.5. The fraction of sp³-hybridized carbons (Fsp3) is 0.471. The van der Waals surface area contributed by atoms with Crippen molar-refractivity contribution >= 4 is 28.7 Å². The number of alkyl carbamates (subject to hydrolysis) is 1. The standard InChI is InChI=1S/C34H41N3O6/c1-21(38)29-18-25(20-37(29)32(39)31(34(2,3)4)36-33(40)43-23-13-9-10-14-23)42-30-19-27(22-11-7-6-8-12-22)35-28-17-24(41-5)15-16-26(28)30/h6-8,11-12,15-17,19,23,25,29,31H,9-10,13-14,18,20H2,1-5H3,(H,36,40)/t25?,29-,31+/m0/s1. The van der Waals surface area contributed by atoms with Crippen molar-refractivity contribution in [2.45, 2.75) is 84.1 Å². The summed E-state index contributed by atoms with van der Waals surface area (Å²) < 4.78 is 17.6. The topological polar surface area (TPSA) is 107 Å². The van der Waals surface area contributed by atoms with Gasteiger partial charge in [0.1, 0.15) is 29.7 Å². The lowest BCUT2D eigenvalue weighted by Crippen LogP contribution is -2.57. The lowest BCUT2D eigenvalue weighted by atomic mass is 9.85. The molecule has 1 aromatic heterocycles. The number of ketones is 1. The SMILES string of the molecule is COc1ccc2c(OC3C[C@@H](C(C)=O)N(C(=O)[C@@H](NC(=O)OC4CCCC4)C(C)(C)C)C3)cc(-c3ccccc3)nc2c1. The Morgan fingerprint density at radius 2 is 1.72 bits per heavy atom. The maximum absolute atomic E-state index is 14.0. The molecule has 2 amide bonds. The van der Waals surface area contributed by atoms with E-state index in [0.29, 0.717) is 23.4 Å². The Balaban J connectivity index is 1.41. The molecular weight excluding hydrogens is 546 g/mol. The van der Waals surface area contributed by atoms with E-state index in [0.717, 1.165) is 42.3 Å². The highest BCUT2D eigenvalue weighted by Gasteiger charge is 2.45. The van der Waals surface area contributed by atoms with Crippen LogP contribution >= 0.6 is 0 Å². The van der Waals surface area contributed by atoms with Crippen LogP contribution in [0, 0.1) is 5.41 Å². The Kier molecular flexibility index (Phi) is 8.89. The Bertz CT molecular complexity index is 1480. The third kappa shape index (κ3) is 6.92. The third-order valence-corrected chi connectivity index (χ3v) is 8.31. The number of nitrogens with one attached hydrogen (secondary N) is 1. The minimum atomic E-state index is -0.874. The maximum atomic E-state index is 14.0. The molecule has 3 atom stereocenters. The van der Waals surface area contributed by atoms with Crippen molar-refractivity contribution in [3.63, 3.8) is 0 Å². The number of likely N-dealkylation sites (tertiary alicyclic amines) is 1. The van der Waals surface area contributed by atoms with Crippen molar-refractivity contribution in [1.82, 2.24) is 15.2 Å². The van der Waals surface area contributed by atoms with Crippen LogP contribution in [0.25, 0.3) is 22.2 Å². The molecule has 228 valence electrons. The lowest BCUT2D eigenvalue weighted by Gasteiger charge is -2.35. The minimum Gasteiger partial charge on any atom is -0.497 e. The van der Waals surface area contributed by atoms with Gasteiger partial charge in [0.25, 0.3) is 0 Å². The number of hydrogen-bond donors (Lipinski definition) is 1. The number of pyridine rings is 1.